The van der Waals surface area contributed by atoms with Gasteiger partial charge in [0.05, 0.1) is 31.4 Å². The molecule has 0 amide bonds. The highest BCUT2D eigenvalue weighted by Crippen LogP contribution is 2.48. The molecule has 0 spiro atoms. The summed E-state index contributed by atoms with van der Waals surface area (Å²) in [6.45, 7) is 0. The zero-order valence-corrected chi connectivity index (χ0v) is 12.3. The van der Waals surface area contributed by atoms with Gasteiger partial charge in [0.2, 0.25) is 5.88 Å². The van der Waals surface area contributed by atoms with Crippen LogP contribution < -0.4 is 19.9 Å². The number of benzene rings is 1. The van der Waals surface area contributed by atoms with E-state index in [1.54, 1.807) is 26.4 Å². The average molecular weight is 329 g/mol. The third kappa shape index (κ3) is 2.33. The van der Waals surface area contributed by atoms with Crippen LogP contribution in [0, 0.1) is 0 Å². The molecule has 1 heterocycles. The Morgan fingerprint density at radius 2 is 1.79 bits per heavy atom. The molecule has 7 heteroatoms. The summed E-state index contributed by atoms with van der Waals surface area (Å²) >= 11 is 3.42. The summed E-state index contributed by atoms with van der Waals surface area (Å²) in [6.07, 6.45) is 0. The predicted molar refractivity (Wildman–Crippen MR) is 73.7 cm³/mol. The number of rotatable bonds is 4. The summed E-state index contributed by atoms with van der Waals surface area (Å²) in [5.41, 5.74) is 6.67. The molecule has 0 aliphatic carbocycles. The number of anilines is 1. The molecule has 6 nitrogen and oxygen atoms in total. The largest absolute Gasteiger partial charge is 0.495 e. The molecule has 0 bridgehead atoms. The molecule has 1 aromatic heterocycles. The Kier molecular flexibility index (Phi) is 3.84. The number of nitrogens with two attached hydrogens (primary N) is 1. The van der Waals surface area contributed by atoms with E-state index in [0.717, 1.165) is 0 Å². The van der Waals surface area contributed by atoms with Crippen molar-refractivity contribution in [1.82, 2.24) is 5.16 Å². The maximum absolute atomic E-state index is 5.55. The van der Waals surface area contributed by atoms with E-state index in [2.05, 4.69) is 21.1 Å². The van der Waals surface area contributed by atoms with Crippen LogP contribution in [0.5, 0.6) is 17.2 Å². The van der Waals surface area contributed by atoms with Crippen molar-refractivity contribution in [1.29, 1.82) is 0 Å². The SMILES string of the molecule is COc1cc(Br)c(OC)c(-c2cc(N)on2)c1OC. The molecule has 0 radical (unpaired) electrons. The van der Waals surface area contributed by atoms with Crippen LogP contribution in [0.3, 0.4) is 0 Å². The van der Waals surface area contributed by atoms with E-state index in [-0.39, 0.29) is 5.88 Å². The van der Waals surface area contributed by atoms with Crippen molar-refractivity contribution < 1.29 is 18.7 Å². The Morgan fingerprint density at radius 1 is 1.11 bits per heavy atom. The van der Waals surface area contributed by atoms with E-state index in [9.17, 15) is 0 Å². The summed E-state index contributed by atoms with van der Waals surface area (Å²) in [7, 11) is 4.65. The van der Waals surface area contributed by atoms with Gasteiger partial charge in [-0.25, -0.2) is 0 Å². The van der Waals surface area contributed by atoms with Gasteiger partial charge in [-0.15, -0.1) is 0 Å². The number of nitrogen functional groups attached to an aromatic ring is 1. The molecule has 0 aliphatic heterocycles. The van der Waals surface area contributed by atoms with Crippen molar-refractivity contribution in [2.75, 3.05) is 27.1 Å². The highest BCUT2D eigenvalue weighted by Gasteiger charge is 2.23. The number of methoxy groups -OCH3 is 3. The summed E-state index contributed by atoms with van der Waals surface area (Å²) in [5.74, 6) is 1.81. The van der Waals surface area contributed by atoms with Crippen molar-refractivity contribution in [2.45, 2.75) is 0 Å². The second-order valence-corrected chi connectivity index (χ2v) is 4.47. The van der Waals surface area contributed by atoms with E-state index in [0.29, 0.717) is 33.0 Å². The molecule has 2 rings (SSSR count). The summed E-state index contributed by atoms with van der Waals surface area (Å²) in [6, 6.07) is 3.34. The van der Waals surface area contributed by atoms with Gasteiger partial charge < -0.3 is 24.5 Å². The first-order valence-electron chi connectivity index (χ1n) is 5.33. The van der Waals surface area contributed by atoms with E-state index in [4.69, 9.17) is 24.5 Å². The molecule has 19 heavy (non-hydrogen) atoms. The van der Waals surface area contributed by atoms with Gasteiger partial charge >= 0.3 is 0 Å². The zero-order valence-electron chi connectivity index (χ0n) is 10.7. The molecular weight excluding hydrogens is 316 g/mol. The van der Waals surface area contributed by atoms with Gasteiger partial charge in [0, 0.05) is 12.1 Å². The van der Waals surface area contributed by atoms with E-state index < -0.39 is 0 Å². The van der Waals surface area contributed by atoms with Crippen molar-refractivity contribution in [3.63, 3.8) is 0 Å². The molecule has 0 fully saturated rings. The fourth-order valence-electron chi connectivity index (χ4n) is 1.79. The summed E-state index contributed by atoms with van der Waals surface area (Å²) in [5, 5.41) is 3.88. The van der Waals surface area contributed by atoms with Gasteiger partial charge in [-0.3, -0.25) is 0 Å². The van der Waals surface area contributed by atoms with Crippen molar-refractivity contribution in [3.8, 4) is 28.5 Å². The standard InChI is InChI=1S/C12H13BrN2O4/c1-16-8-4-6(13)11(17-2)10(12(8)18-3)7-5-9(14)19-15-7/h4-5H,14H2,1-3H3. The van der Waals surface area contributed by atoms with Crippen molar-refractivity contribution in [3.05, 3.63) is 16.6 Å². The van der Waals surface area contributed by atoms with Crippen LogP contribution in [0.15, 0.2) is 21.1 Å². The summed E-state index contributed by atoms with van der Waals surface area (Å²) < 4.78 is 21.6. The predicted octanol–water partition coefficient (Wildman–Crippen LogP) is 2.71. The molecule has 0 aliphatic rings. The lowest BCUT2D eigenvalue weighted by atomic mass is 10.1. The van der Waals surface area contributed by atoms with Crippen LogP contribution in [0.25, 0.3) is 11.3 Å². The minimum atomic E-state index is 0.207. The molecular formula is C12H13BrN2O4. The van der Waals surface area contributed by atoms with E-state index in [1.807, 2.05) is 0 Å². The number of hydrogen-bond acceptors (Lipinski definition) is 6. The fourth-order valence-corrected chi connectivity index (χ4v) is 2.35. The lowest BCUT2D eigenvalue weighted by molar-refractivity contribution is 0.349. The minimum Gasteiger partial charge on any atom is -0.495 e. The molecule has 2 aromatic rings. The van der Waals surface area contributed by atoms with E-state index in [1.165, 1.54) is 7.11 Å². The van der Waals surface area contributed by atoms with Crippen molar-refractivity contribution in [2.24, 2.45) is 0 Å². The number of nitrogens with zero attached hydrogens (tertiary/aromatic N) is 1. The number of halogens is 1. The topological polar surface area (TPSA) is 79.7 Å². The quantitative estimate of drug-likeness (QED) is 0.929. The number of aromatic nitrogens is 1. The second kappa shape index (κ2) is 5.40. The Bertz CT molecular complexity index is 598. The van der Waals surface area contributed by atoms with Gasteiger partial charge in [0.25, 0.3) is 0 Å². The third-order valence-electron chi connectivity index (χ3n) is 2.57. The molecule has 102 valence electrons. The normalized spacial score (nSPS) is 10.3. The maximum atomic E-state index is 5.55. The lowest BCUT2D eigenvalue weighted by Crippen LogP contribution is -1.98. The molecule has 0 atom stereocenters. The molecule has 2 N–H and O–H groups in total. The number of hydrogen-bond donors (Lipinski definition) is 1. The Balaban J connectivity index is 2.77. The van der Waals surface area contributed by atoms with Gasteiger partial charge in [0.1, 0.15) is 11.4 Å². The van der Waals surface area contributed by atoms with Crippen molar-refractivity contribution >= 4 is 21.8 Å². The van der Waals surface area contributed by atoms with Crippen LogP contribution in [0.1, 0.15) is 0 Å². The van der Waals surface area contributed by atoms with Gasteiger partial charge in [-0.2, -0.15) is 0 Å². The molecule has 0 saturated heterocycles. The monoisotopic (exact) mass is 328 g/mol. The number of ether oxygens (including phenoxy) is 3. The molecule has 1 aromatic carbocycles. The van der Waals surface area contributed by atoms with Crippen LogP contribution in [-0.2, 0) is 0 Å². The van der Waals surface area contributed by atoms with Gasteiger partial charge in [-0.1, -0.05) is 5.16 Å². The average Bonchev–Trinajstić information content (AvgIpc) is 2.83. The first-order chi connectivity index (χ1) is 9.12. The zero-order chi connectivity index (χ0) is 14.0. The first-order valence-corrected chi connectivity index (χ1v) is 6.12. The van der Waals surface area contributed by atoms with Crippen LogP contribution in [0.4, 0.5) is 5.88 Å². The molecule has 0 saturated carbocycles. The van der Waals surface area contributed by atoms with Crippen LogP contribution in [-0.4, -0.2) is 26.5 Å². The molecule has 0 unspecified atom stereocenters. The fraction of sp³-hybridized carbons (Fsp3) is 0.250. The summed E-state index contributed by atoms with van der Waals surface area (Å²) in [4.78, 5) is 0. The van der Waals surface area contributed by atoms with Crippen LogP contribution >= 0.6 is 15.9 Å². The maximum Gasteiger partial charge on any atom is 0.222 e. The Morgan fingerprint density at radius 3 is 2.26 bits per heavy atom. The highest BCUT2D eigenvalue weighted by molar-refractivity contribution is 9.10. The van der Waals surface area contributed by atoms with Gasteiger partial charge in [0.15, 0.2) is 11.5 Å². The Hall–Kier alpha value is -1.89. The van der Waals surface area contributed by atoms with Gasteiger partial charge in [-0.05, 0) is 15.9 Å². The third-order valence-corrected chi connectivity index (χ3v) is 3.15. The highest BCUT2D eigenvalue weighted by atomic mass is 79.9. The van der Waals surface area contributed by atoms with E-state index >= 15 is 0 Å². The first kappa shape index (κ1) is 13.5. The minimum absolute atomic E-state index is 0.207. The Labute approximate surface area is 118 Å². The lowest BCUT2D eigenvalue weighted by Gasteiger charge is -2.16. The van der Waals surface area contributed by atoms with Crippen LogP contribution in [0.2, 0.25) is 0 Å². The smallest absolute Gasteiger partial charge is 0.222 e. The second-order valence-electron chi connectivity index (χ2n) is 3.62.